The zero-order valence-corrected chi connectivity index (χ0v) is 10.7. The third-order valence-corrected chi connectivity index (χ3v) is 3.85. The van der Waals surface area contributed by atoms with Crippen LogP contribution >= 0.6 is 0 Å². The Morgan fingerprint density at radius 3 is 2.53 bits per heavy atom. The summed E-state index contributed by atoms with van der Waals surface area (Å²) < 4.78 is 0. The van der Waals surface area contributed by atoms with E-state index in [1.165, 1.54) is 38.6 Å². The minimum absolute atomic E-state index is 0.571. The maximum absolute atomic E-state index is 5.59. The van der Waals surface area contributed by atoms with Crippen LogP contribution in [0.3, 0.4) is 0 Å². The highest BCUT2D eigenvalue weighted by Crippen LogP contribution is 2.44. The van der Waals surface area contributed by atoms with Crippen molar-refractivity contribution in [1.29, 1.82) is 0 Å². The summed E-state index contributed by atoms with van der Waals surface area (Å²) in [6.45, 7) is 9.00. The van der Waals surface area contributed by atoms with Crippen molar-refractivity contribution in [3.05, 3.63) is 0 Å². The Kier molecular flexibility index (Phi) is 5.07. The molecule has 90 valence electrons. The Morgan fingerprint density at radius 1 is 1.40 bits per heavy atom. The summed E-state index contributed by atoms with van der Waals surface area (Å²) in [6.07, 6.45) is 6.49. The molecule has 1 saturated carbocycles. The molecule has 1 aliphatic carbocycles. The first-order chi connectivity index (χ1) is 7.10. The summed E-state index contributed by atoms with van der Waals surface area (Å²) in [5, 5.41) is 3.64. The molecule has 2 unspecified atom stereocenters. The van der Waals surface area contributed by atoms with Crippen LogP contribution < -0.4 is 11.1 Å². The van der Waals surface area contributed by atoms with Crippen LogP contribution in [0.4, 0.5) is 0 Å². The van der Waals surface area contributed by atoms with Crippen molar-refractivity contribution in [1.82, 2.24) is 5.32 Å². The zero-order valence-electron chi connectivity index (χ0n) is 10.7. The smallest absolute Gasteiger partial charge is 0.0124 e. The Labute approximate surface area is 95.0 Å². The molecule has 1 aliphatic rings. The Morgan fingerprint density at radius 2 is 2.07 bits per heavy atom. The second kappa shape index (κ2) is 5.86. The Hall–Kier alpha value is -0.0800. The van der Waals surface area contributed by atoms with E-state index in [0.717, 1.165) is 18.5 Å². The summed E-state index contributed by atoms with van der Waals surface area (Å²) in [6, 6.07) is 0.784. The summed E-state index contributed by atoms with van der Waals surface area (Å²) >= 11 is 0. The van der Waals surface area contributed by atoms with Gasteiger partial charge >= 0.3 is 0 Å². The summed E-state index contributed by atoms with van der Waals surface area (Å²) in [4.78, 5) is 0. The van der Waals surface area contributed by atoms with Gasteiger partial charge in [0.2, 0.25) is 0 Å². The highest BCUT2D eigenvalue weighted by Gasteiger charge is 2.44. The molecule has 1 fully saturated rings. The molecule has 2 atom stereocenters. The topological polar surface area (TPSA) is 38.0 Å². The first-order valence-corrected chi connectivity index (χ1v) is 6.53. The van der Waals surface area contributed by atoms with Gasteiger partial charge in [-0.1, -0.05) is 27.2 Å². The number of rotatable bonds is 8. The molecular weight excluding hydrogens is 184 g/mol. The van der Waals surface area contributed by atoms with Gasteiger partial charge < -0.3 is 11.1 Å². The van der Waals surface area contributed by atoms with Gasteiger partial charge in [0.05, 0.1) is 0 Å². The van der Waals surface area contributed by atoms with Crippen LogP contribution in [0.1, 0.15) is 52.9 Å². The molecular formula is C13H28N2. The molecule has 0 saturated heterocycles. The van der Waals surface area contributed by atoms with Crippen molar-refractivity contribution >= 4 is 0 Å². The second-order valence-corrected chi connectivity index (χ2v) is 5.69. The average Bonchev–Trinajstić information content (AvgIpc) is 2.79. The van der Waals surface area contributed by atoms with Crippen LogP contribution in [0.5, 0.6) is 0 Å². The van der Waals surface area contributed by atoms with Crippen molar-refractivity contribution in [2.24, 2.45) is 17.1 Å². The van der Waals surface area contributed by atoms with E-state index in [9.17, 15) is 0 Å². The zero-order chi connectivity index (χ0) is 11.3. The first kappa shape index (κ1) is 13.0. The second-order valence-electron chi connectivity index (χ2n) is 5.69. The molecule has 2 heteroatoms. The maximum Gasteiger partial charge on any atom is 0.0124 e. The van der Waals surface area contributed by atoms with E-state index >= 15 is 0 Å². The minimum Gasteiger partial charge on any atom is -0.330 e. The Balaban J connectivity index is 1.96. The van der Waals surface area contributed by atoms with Crippen LogP contribution in [0.15, 0.2) is 0 Å². The van der Waals surface area contributed by atoms with E-state index in [4.69, 9.17) is 5.73 Å². The predicted molar refractivity (Wildman–Crippen MR) is 66.9 cm³/mol. The summed E-state index contributed by atoms with van der Waals surface area (Å²) in [5.41, 5.74) is 6.16. The molecule has 0 amide bonds. The third-order valence-electron chi connectivity index (χ3n) is 3.85. The lowest BCUT2D eigenvalue weighted by Gasteiger charge is -2.13. The molecule has 0 spiro atoms. The van der Waals surface area contributed by atoms with E-state index < -0.39 is 0 Å². The van der Waals surface area contributed by atoms with Gasteiger partial charge in [-0.15, -0.1) is 0 Å². The van der Waals surface area contributed by atoms with E-state index in [1.54, 1.807) is 0 Å². The van der Waals surface area contributed by atoms with Gasteiger partial charge in [0.15, 0.2) is 0 Å². The lowest BCUT2D eigenvalue weighted by molar-refractivity contribution is 0.417. The first-order valence-electron chi connectivity index (χ1n) is 6.53. The highest BCUT2D eigenvalue weighted by atomic mass is 15.0. The van der Waals surface area contributed by atoms with Gasteiger partial charge in [-0.05, 0) is 50.1 Å². The average molecular weight is 212 g/mol. The lowest BCUT2D eigenvalue weighted by atomic mass is 9.97. The molecule has 0 radical (unpaired) electrons. The Bertz CT molecular complexity index is 177. The molecule has 15 heavy (non-hydrogen) atoms. The van der Waals surface area contributed by atoms with E-state index in [2.05, 4.69) is 26.1 Å². The largest absolute Gasteiger partial charge is 0.330 e. The molecule has 0 aromatic rings. The van der Waals surface area contributed by atoms with Crippen molar-refractivity contribution in [3.8, 4) is 0 Å². The van der Waals surface area contributed by atoms with Crippen molar-refractivity contribution in [2.45, 2.75) is 58.9 Å². The van der Waals surface area contributed by atoms with Gasteiger partial charge in [0.1, 0.15) is 0 Å². The van der Waals surface area contributed by atoms with Crippen molar-refractivity contribution in [2.75, 3.05) is 13.1 Å². The van der Waals surface area contributed by atoms with Crippen LogP contribution in [-0.4, -0.2) is 19.1 Å². The fraction of sp³-hybridized carbons (Fsp3) is 1.00. The third kappa shape index (κ3) is 4.52. The molecule has 3 N–H and O–H groups in total. The normalized spacial score (nSPS) is 25.2. The molecule has 1 rings (SSSR count). The van der Waals surface area contributed by atoms with Gasteiger partial charge in [-0.2, -0.15) is 0 Å². The number of hydrogen-bond acceptors (Lipinski definition) is 2. The molecule has 0 bridgehead atoms. The minimum atomic E-state index is 0.571. The number of nitrogens with one attached hydrogen (secondary N) is 1. The van der Waals surface area contributed by atoms with Crippen molar-refractivity contribution in [3.63, 3.8) is 0 Å². The van der Waals surface area contributed by atoms with Gasteiger partial charge in [-0.3, -0.25) is 0 Å². The quantitative estimate of drug-likeness (QED) is 0.607. The van der Waals surface area contributed by atoms with Gasteiger partial charge in [0, 0.05) is 6.04 Å². The monoisotopic (exact) mass is 212 g/mol. The van der Waals surface area contributed by atoms with Crippen LogP contribution in [0, 0.1) is 11.3 Å². The molecule has 2 nitrogen and oxygen atoms in total. The van der Waals surface area contributed by atoms with Gasteiger partial charge in [0.25, 0.3) is 0 Å². The standard InChI is InChI=1S/C13H28N2/c1-4-11(7-8-14)6-5-9-15-12-10-13(12,2)3/h11-12,15H,4-10,14H2,1-3H3. The fourth-order valence-corrected chi connectivity index (χ4v) is 2.27. The molecule has 0 heterocycles. The molecule has 0 aromatic heterocycles. The highest BCUT2D eigenvalue weighted by molar-refractivity contribution is 5.01. The SMILES string of the molecule is CCC(CCN)CCCNC1CC1(C)C. The maximum atomic E-state index is 5.59. The summed E-state index contributed by atoms with van der Waals surface area (Å²) in [7, 11) is 0. The summed E-state index contributed by atoms with van der Waals surface area (Å²) in [5.74, 6) is 0.851. The molecule has 0 aliphatic heterocycles. The predicted octanol–water partition coefficient (Wildman–Crippen LogP) is 2.53. The van der Waals surface area contributed by atoms with Crippen LogP contribution in [-0.2, 0) is 0 Å². The van der Waals surface area contributed by atoms with E-state index in [-0.39, 0.29) is 0 Å². The number of hydrogen-bond donors (Lipinski definition) is 2. The van der Waals surface area contributed by atoms with E-state index in [0.29, 0.717) is 5.41 Å². The van der Waals surface area contributed by atoms with Gasteiger partial charge in [-0.25, -0.2) is 0 Å². The van der Waals surface area contributed by atoms with Crippen LogP contribution in [0.25, 0.3) is 0 Å². The lowest BCUT2D eigenvalue weighted by Crippen LogP contribution is -2.22. The van der Waals surface area contributed by atoms with E-state index in [1.807, 2.05) is 0 Å². The van der Waals surface area contributed by atoms with Crippen LogP contribution in [0.2, 0.25) is 0 Å². The molecule has 0 aromatic carbocycles. The number of nitrogens with two attached hydrogens (primary N) is 1. The fourth-order valence-electron chi connectivity index (χ4n) is 2.27. The van der Waals surface area contributed by atoms with Crippen molar-refractivity contribution < 1.29 is 0 Å².